The molecule has 1 aromatic heterocycles. The van der Waals surface area contributed by atoms with Crippen molar-refractivity contribution in [3.8, 4) is 22.4 Å². The summed E-state index contributed by atoms with van der Waals surface area (Å²) < 4.78 is 14.7. The molecule has 0 bridgehead atoms. The molecule has 0 saturated heterocycles. The van der Waals surface area contributed by atoms with Gasteiger partial charge in [0.25, 0.3) is 0 Å². The zero-order valence-corrected chi connectivity index (χ0v) is 16.5. The van der Waals surface area contributed by atoms with Crippen molar-refractivity contribution in [2.75, 3.05) is 0 Å². The number of halogens is 3. The molecule has 6 heteroatoms. The molecule has 0 amide bonds. The van der Waals surface area contributed by atoms with Crippen LogP contribution in [0.4, 0.5) is 4.39 Å². The van der Waals surface area contributed by atoms with E-state index in [1.807, 2.05) is 13.8 Å². The molecule has 140 valence electrons. The lowest BCUT2D eigenvalue weighted by Gasteiger charge is -2.17. The second kappa shape index (κ2) is 6.80. The van der Waals surface area contributed by atoms with Crippen LogP contribution in [0.3, 0.4) is 0 Å². The quantitative estimate of drug-likeness (QED) is 0.368. The van der Waals surface area contributed by atoms with Gasteiger partial charge in [-0.1, -0.05) is 55.2 Å². The molecule has 0 atom stereocenters. The number of hydrogen-bond acceptors (Lipinski definition) is 3. The van der Waals surface area contributed by atoms with Crippen molar-refractivity contribution in [3.05, 3.63) is 74.6 Å². The lowest BCUT2D eigenvalue weighted by molar-refractivity contribution is 0.104. The minimum atomic E-state index is -0.520. The van der Waals surface area contributed by atoms with Crippen molar-refractivity contribution in [2.24, 2.45) is 0 Å². The van der Waals surface area contributed by atoms with Crippen LogP contribution in [0.1, 0.15) is 51.7 Å². The second-order valence-corrected chi connectivity index (χ2v) is 7.72. The van der Waals surface area contributed by atoms with Gasteiger partial charge in [0, 0.05) is 27.8 Å². The van der Waals surface area contributed by atoms with Gasteiger partial charge in [-0.3, -0.25) is 14.6 Å². The molecule has 0 aliphatic heterocycles. The van der Waals surface area contributed by atoms with Gasteiger partial charge in [-0.05, 0) is 24.1 Å². The topological polar surface area (TPSA) is 47.0 Å². The number of aldehydes is 1. The molecule has 28 heavy (non-hydrogen) atoms. The van der Waals surface area contributed by atoms with Gasteiger partial charge < -0.3 is 0 Å². The monoisotopic (exact) mass is 413 g/mol. The molecule has 0 N–H and O–H groups in total. The molecular formula is C22H14Cl2FNO2. The van der Waals surface area contributed by atoms with Crippen LogP contribution in [-0.4, -0.2) is 17.1 Å². The number of fused-ring (bicyclic) bond motifs is 3. The van der Waals surface area contributed by atoms with E-state index >= 15 is 0 Å². The summed E-state index contributed by atoms with van der Waals surface area (Å²) in [5, 5.41) is 0.537. The van der Waals surface area contributed by atoms with Crippen LogP contribution >= 0.6 is 23.2 Å². The van der Waals surface area contributed by atoms with Gasteiger partial charge in [0.05, 0.1) is 27.0 Å². The van der Waals surface area contributed by atoms with Crippen molar-refractivity contribution >= 4 is 35.3 Å². The summed E-state index contributed by atoms with van der Waals surface area (Å²) in [6.45, 7) is 3.78. The Balaban J connectivity index is 2.18. The van der Waals surface area contributed by atoms with E-state index in [0.29, 0.717) is 33.8 Å². The molecule has 1 aliphatic carbocycles. The van der Waals surface area contributed by atoms with Crippen LogP contribution in [0.25, 0.3) is 22.4 Å². The van der Waals surface area contributed by atoms with E-state index in [2.05, 4.69) is 4.98 Å². The van der Waals surface area contributed by atoms with E-state index in [4.69, 9.17) is 23.2 Å². The Hall–Kier alpha value is -2.56. The zero-order valence-electron chi connectivity index (χ0n) is 15.0. The highest BCUT2D eigenvalue weighted by atomic mass is 35.5. The molecular weight excluding hydrogens is 400 g/mol. The highest BCUT2D eigenvalue weighted by Gasteiger charge is 2.35. The van der Waals surface area contributed by atoms with Gasteiger partial charge in [-0.15, -0.1) is 0 Å². The fraction of sp³-hybridized carbons (Fsp3) is 0.136. The maximum Gasteiger partial charge on any atom is 0.196 e. The summed E-state index contributed by atoms with van der Waals surface area (Å²) in [6, 6.07) is 9.15. The number of carbonyl (C=O) groups excluding carboxylic acids is 2. The zero-order chi connectivity index (χ0) is 20.2. The summed E-state index contributed by atoms with van der Waals surface area (Å²) in [4.78, 5) is 29.9. The average Bonchev–Trinajstić information content (AvgIpc) is 2.93. The van der Waals surface area contributed by atoms with Crippen LogP contribution in [0.15, 0.2) is 36.4 Å². The molecule has 1 aliphatic rings. The van der Waals surface area contributed by atoms with Crippen molar-refractivity contribution < 1.29 is 14.0 Å². The fourth-order valence-corrected chi connectivity index (χ4v) is 3.93. The normalized spacial score (nSPS) is 12.3. The third kappa shape index (κ3) is 2.67. The first kappa shape index (κ1) is 18.8. The van der Waals surface area contributed by atoms with Crippen molar-refractivity contribution in [3.63, 3.8) is 0 Å². The number of rotatable bonds is 3. The van der Waals surface area contributed by atoms with E-state index in [1.165, 1.54) is 12.1 Å². The van der Waals surface area contributed by atoms with Gasteiger partial charge in [0.2, 0.25) is 0 Å². The van der Waals surface area contributed by atoms with E-state index in [0.717, 1.165) is 0 Å². The number of carbonyl (C=O) groups is 2. The SMILES string of the molecule is CC(C)c1nc2c(c(-c3ccccc3F)c1C=O)C(=O)c1cc(Cl)c(Cl)cc1-2. The van der Waals surface area contributed by atoms with Gasteiger partial charge in [0.1, 0.15) is 5.82 Å². The van der Waals surface area contributed by atoms with Gasteiger partial charge >= 0.3 is 0 Å². The number of pyridine rings is 1. The predicted molar refractivity (Wildman–Crippen MR) is 108 cm³/mol. The summed E-state index contributed by atoms with van der Waals surface area (Å²) in [5.41, 5.74) is 2.63. The van der Waals surface area contributed by atoms with Gasteiger partial charge in [-0.25, -0.2) is 4.39 Å². The van der Waals surface area contributed by atoms with Crippen molar-refractivity contribution in [1.29, 1.82) is 0 Å². The van der Waals surface area contributed by atoms with Crippen LogP contribution in [0.5, 0.6) is 0 Å². The maximum atomic E-state index is 14.7. The van der Waals surface area contributed by atoms with Crippen molar-refractivity contribution in [2.45, 2.75) is 19.8 Å². The van der Waals surface area contributed by atoms with Crippen LogP contribution < -0.4 is 0 Å². The standard InChI is InChI=1S/C22H14Cl2FNO2/c1-10(2)20-14(9-27)18(11-5-3-4-6-17(11)25)19-21(26-20)12-7-15(23)16(24)8-13(12)22(19)28/h3-10H,1-2H3. The molecule has 0 radical (unpaired) electrons. The lowest BCUT2D eigenvalue weighted by Crippen LogP contribution is -2.09. The molecule has 0 fully saturated rings. The maximum absolute atomic E-state index is 14.7. The Kier molecular flexibility index (Phi) is 4.56. The Morgan fingerprint density at radius 1 is 1.00 bits per heavy atom. The summed E-state index contributed by atoms with van der Waals surface area (Å²) >= 11 is 12.3. The largest absolute Gasteiger partial charge is 0.298 e. The first-order valence-electron chi connectivity index (χ1n) is 8.67. The Morgan fingerprint density at radius 2 is 1.64 bits per heavy atom. The molecule has 2 aromatic carbocycles. The molecule has 4 rings (SSSR count). The first-order chi connectivity index (χ1) is 13.3. The van der Waals surface area contributed by atoms with Gasteiger partial charge in [0.15, 0.2) is 12.1 Å². The molecule has 1 heterocycles. The molecule has 3 aromatic rings. The highest BCUT2D eigenvalue weighted by molar-refractivity contribution is 6.43. The third-order valence-electron chi connectivity index (χ3n) is 4.86. The molecule has 3 nitrogen and oxygen atoms in total. The minimum absolute atomic E-state index is 0.113. The molecule has 0 spiro atoms. The second-order valence-electron chi connectivity index (χ2n) is 6.90. The third-order valence-corrected chi connectivity index (χ3v) is 5.58. The number of benzene rings is 2. The Morgan fingerprint density at radius 3 is 2.25 bits per heavy atom. The molecule has 0 unspecified atom stereocenters. The van der Waals surface area contributed by atoms with Gasteiger partial charge in [-0.2, -0.15) is 0 Å². The predicted octanol–water partition coefficient (Wildman–Crippen LogP) is 6.34. The van der Waals surface area contributed by atoms with Crippen molar-refractivity contribution in [1.82, 2.24) is 4.98 Å². The van der Waals surface area contributed by atoms with E-state index in [9.17, 15) is 14.0 Å². The van der Waals surface area contributed by atoms with Crippen LogP contribution in [0.2, 0.25) is 10.0 Å². The number of ketones is 1. The number of aromatic nitrogens is 1. The number of nitrogens with zero attached hydrogens (tertiary/aromatic N) is 1. The fourth-order valence-electron chi connectivity index (χ4n) is 3.60. The smallest absolute Gasteiger partial charge is 0.196 e. The Labute approximate surface area is 171 Å². The van der Waals surface area contributed by atoms with E-state index in [1.54, 1.807) is 24.3 Å². The van der Waals surface area contributed by atoms with E-state index < -0.39 is 5.82 Å². The van der Waals surface area contributed by atoms with Crippen LogP contribution in [-0.2, 0) is 0 Å². The summed E-state index contributed by atoms with van der Waals surface area (Å²) in [5.74, 6) is -0.987. The van der Waals surface area contributed by atoms with E-state index in [-0.39, 0.29) is 39.0 Å². The summed E-state index contributed by atoms with van der Waals surface area (Å²) in [6.07, 6.45) is 0.639. The molecule has 0 saturated carbocycles. The van der Waals surface area contributed by atoms with Crippen LogP contribution in [0, 0.1) is 5.82 Å². The number of hydrogen-bond donors (Lipinski definition) is 0. The Bertz CT molecular complexity index is 1170. The first-order valence-corrected chi connectivity index (χ1v) is 9.42. The average molecular weight is 414 g/mol. The summed E-state index contributed by atoms with van der Waals surface area (Å²) in [7, 11) is 0. The lowest BCUT2D eigenvalue weighted by atomic mass is 9.89. The highest BCUT2D eigenvalue weighted by Crippen LogP contribution is 2.46. The minimum Gasteiger partial charge on any atom is -0.298 e.